The largest absolute Gasteiger partial charge is 0.472 e. The minimum atomic E-state index is -3.51. The fourth-order valence-electron chi connectivity index (χ4n) is 2.09. The second-order valence-corrected chi connectivity index (χ2v) is 7.06. The molecular weight excluding hydrogens is 288 g/mol. The van der Waals surface area contributed by atoms with Crippen molar-refractivity contribution in [3.63, 3.8) is 0 Å². The molecule has 6 heteroatoms. The quantitative estimate of drug-likeness (QED) is 0.888. The van der Waals surface area contributed by atoms with E-state index in [1.54, 1.807) is 31.5 Å². The number of sulfonamides is 1. The lowest BCUT2D eigenvalue weighted by atomic mass is 10.1. The third-order valence-corrected chi connectivity index (χ3v) is 5.18. The Labute approximate surface area is 125 Å². The maximum atomic E-state index is 12.6. The maximum absolute atomic E-state index is 12.6. The van der Waals surface area contributed by atoms with E-state index in [1.807, 2.05) is 20.0 Å². The first-order valence-electron chi connectivity index (χ1n) is 6.66. The van der Waals surface area contributed by atoms with E-state index in [4.69, 9.17) is 4.42 Å². The summed E-state index contributed by atoms with van der Waals surface area (Å²) in [5, 5.41) is 3.05. The Kier molecular flexibility index (Phi) is 4.82. The minimum Gasteiger partial charge on any atom is -0.472 e. The van der Waals surface area contributed by atoms with Crippen LogP contribution in [0.15, 0.2) is 46.1 Å². The molecule has 0 radical (unpaired) electrons. The number of benzene rings is 1. The number of furan rings is 1. The van der Waals surface area contributed by atoms with Crippen LogP contribution < -0.4 is 5.32 Å². The van der Waals surface area contributed by atoms with Crippen molar-refractivity contribution in [3.05, 3.63) is 53.5 Å². The third-order valence-electron chi connectivity index (χ3n) is 3.38. The number of hydrogen-bond acceptors (Lipinski definition) is 4. The fourth-order valence-corrected chi connectivity index (χ4v) is 3.30. The van der Waals surface area contributed by atoms with Crippen molar-refractivity contribution in [2.75, 3.05) is 14.1 Å². The summed E-state index contributed by atoms with van der Waals surface area (Å²) in [6, 6.07) is 6.97. The summed E-state index contributed by atoms with van der Waals surface area (Å²) in [5.74, 6) is 0. The van der Waals surface area contributed by atoms with Crippen molar-refractivity contribution in [2.45, 2.75) is 24.9 Å². The van der Waals surface area contributed by atoms with Crippen LogP contribution in [-0.4, -0.2) is 26.8 Å². The standard InChI is InChI=1S/C15H20N2O3S/c1-12-4-5-15(8-14(12)9-16-2)21(18,19)17(3)10-13-6-7-20-11-13/h4-8,11,16H,9-10H2,1-3H3. The highest BCUT2D eigenvalue weighted by Gasteiger charge is 2.21. The van der Waals surface area contributed by atoms with Crippen molar-refractivity contribution >= 4 is 10.0 Å². The Morgan fingerprint density at radius 3 is 2.67 bits per heavy atom. The monoisotopic (exact) mass is 308 g/mol. The summed E-state index contributed by atoms with van der Waals surface area (Å²) in [6.07, 6.45) is 3.08. The van der Waals surface area contributed by atoms with Gasteiger partial charge in [-0.15, -0.1) is 0 Å². The molecule has 1 heterocycles. The zero-order valence-corrected chi connectivity index (χ0v) is 13.3. The van der Waals surface area contributed by atoms with Gasteiger partial charge >= 0.3 is 0 Å². The second-order valence-electron chi connectivity index (χ2n) is 5.01. The molecule has 0 bridgehead atoms. The van der Waals surface area contributed by atoms with E-state index < -0.39 is 10.0 Å². The van der Waals surface area contributed by atoms with Gasteiger partial charge in [-0.25, -0.2) is 8.42 Å². The molecule has 5 nitrogen and oxygen atoms in total. The molecular formula is C15H20N2O3S. The number of rotatable bonds is 6. The van der Waals surface area contributed by atoms with Crippen LogP contribution in [-0.2, 0) is 23.1 Å². The first-order valence-corrected chi connectivity index (χ1v) is 8.10. The molecule has 0 saturated carbocycles. The van der Waals surface area contributed by atoms with E-state index in [1.165, 1.54) is 10.6 Å². The van der Waals surface area contributed by atoms with Gasteiger partial charge in [0.15, 0.2) is 0 Å². The molecule has 1 aromatic carbocycles. The Bertz CT molecular complexity index is 694. The van der Waals surface area contributed by atoms with Gasteiger partial charge in [-0.2, -0.15) is 4.31 Å². The SMILES string of the molecule is CNCc1cc(S(=O)(=O)N(C)Cc2ccoc2)ccc1C. The molecule has 0 saturated heterocycles. The highest BCUT2D eigenvalue weighted by atomic mass is 32.2. The van der Waals surface area contributed by atoms with E-state index in [0.717, 1.165) is 16.7 Å². The van der Waals surface area contributed by atoms with Gasteiger partial charge in [0, 0.05) is 25.7 Å². The van der Waals surface area contributed by atoms with Gasteiger partial charge in [0.25, 0.3) is 0 Å². The van der Waals surface area contributed by atoms with Crippen LogP contribution in [0.2, 0.25) is 0 Å². The van der Waals surface area contributed by atoms with Crippen LogP contribution in [0.1, 0.15) is 16.7 Å². The van der Waals surface area contributed by atoms with E-state index in [-0.39, 0.29) is 6.54 Å². The smallest absolute Gasteiger partial charge is 0.243 e. The molecule has 0 aliphatic heterocycles. The van der Waals surface area contributed by atoms with Crippen molar-refractivity contribution in [1.29, 1.82) is 0 Å². The lowest BCUT2D eigenvalue weighted by Gasteiger charge is -2.17. The number of nitrogens with zero attached hydrogens (tertiary/aromatic N) is 1. The summed E-state index contributed by atoms with van der Waals surface area (Å²) in [4.78, 5) is 0.310. The van der Waals surface area contributed by atoms with E-state index in [0.29, 0.717) is 11.4 Å². The lowest BCUT2D eigenvalue weighted by Crippen LogP contribution is -2.26. The topological polar surface area (TPSA) is 62.6 Å². The Hall–Kier alpha value is -1.63. The molecule has 0 amide bonds. The maximum Gasteiger partial charge on any atom is 0.243 e. The second kappa shape index (κ2) is 6.43. The van der Waals surface area contributed by atoms with Crippen LogP contribution in [0.25, 0.3) is 0 Å². The molecule has 2 rings (SSSR count). The third kappa shape index (κ3) is 3.53. The first-order chi connectivity index (χ1) is 9.95. The van der Waals surface area contributed by atoms with Crippen LogP contribution in [0.4, 0.5) is 0 Å². The van der Waals surface area contributed by atoms with E-state index in [2.05, 4.69) is 5.32 Å². The molecule has 0 unspecified atom stereocenters. The average molecular weight is 308 g/mol. The van der Waals surface area contributed by atoms with Gasteiger partial charge in [0.1, 0.15) is 0 Å². The van der Waals surface area contributed by atoms with Crippen LogP contribution in [0, 0.1) is 6.92 Å². The van der Waals surface area contributed by atoms with Gasteiger partial charge in [-0.3, -0.25) is 0 Å². The van der Waals surface area contributed by atoms with Gasteiger partial charge in [-0.1, -0.05) is 6.07 Å². The molecule has 1 N–H and O–H groups in total. The van der Waals surface area contributed by atoms with Crippen molar-refractivity contribution in [1.82, 2.24) is 9.62 Å². The molecule has 0 spiro atoms. The number of nitrogens with one attached hydrogen (secondary N) is 1. The van der Waals surface area contributed by atoms with Crippen LogP contribution >= 0.6 is 0 Å². The average Bonchev–Trinajstić information content (AvgIpc) is 2.94. The van der Waals surface area contributed by atoms with Gasteiger partial charge < -0.3 is 9.73 Å². The van der Waals surface area contributed by atoms with Crippen LogP contribution in [0.3, 0.4) is 0 Å². The highest BCUT2D eigenvalue weighted by Crippen LogP contribution is 2.20. The molecule has 0 fully saturated rings. The molecule has 0 aliphatic carbocycles. The van der Waals surface area contributed by atoms with Crippen molar-refractivity contribution < 1.29 is 12.8 Å². The molecule has 0 aliphatic rings. The predicted molar refractivity (Wildman–Crippen MR) is 81.3 cm³/mol. The van der Waals surface area contributed by atoms with Crippen LogP contribution in [0.5, 0.6) is 0 Å². The molecule has 0 atom stereocenters. The number of hydrogen-bond donors (Lipinski definition) is 1. The highest BCUT2D eigenvalue weighted by molar-refractivity contribution is 7.89. The molecule has 1 aromatic heterocycles. The summed E-state index contributed by atoms with van der Waals surface area (Å²) in [6.45, 7) is 2.90. The zero-order chi connectivity index (χ0) is 15.5. The minimum absolute atomic E-state index is 0.286. The zero-order valence-electron chi connectivity index (χ0n) is 12.5. The molecule has 21 heavy (non-hydrogen) atoms. The Morgan fingerprint density at radius 2 is 2.05 bits per heavy atom. The number of aryl methyl sites for hydroxylation is 1. The first kappa shape index (κ1) is 15.8. The van der Waals surface area contributed by atoms with E-state index in [9.17, 15) is 8.42 Å². The normalized spacial score (nSPS) is 12.0. The molecule has 2 aromatic rings. The molecule has 114 valence electrons. The predicted octanol–water partition coefficient (Wildman–Crippen LogP) is 2.13. The summed E-state index contributed by atoms with van der Waals surface area (Å²) in [7, 11) is -0.100. The Morgan fingerprint density at radius 1 is 1.29 bits per heavy atom. The summed E-state index contributed by atoms with van der Waals surface area (Å²) >= 11 is 0. The van der Waals surface area contributed by atoms with Crippen molar-refractivity contribution in [2.24, 2.45) is 0 Å². The van der Waals surface area contributed by atoms with Gasteiger partial charge in [0.2, 0.25) is 10.0 Å². The van der Waals surface area contributed by atoms with E-state index >= 15 is 0 Å². The Balaban J connectivity index is 2.28. The van der Waals surface area contributed by atoms with Gasteiger partial charge in [0.05, 0.1) is 17.4 Å². The van der Waals surface area contributed by atoms with Gasteiger partial charge in [-0.05, 0) is 43.3 Å². The van der Waals surface area contributed by atoms with Crippen molar-refractivity contribution in [3.8, 4) is 0 Å². The summed E-state index contributed by atoms with van der Waals surface area (Å²) in [5.41, 5.74) is 2.87. The summed E-state index contributed by atoms with van der Waals surface area (Å²) < 4.78 is 31.5. The lowest BCUT2D eigenvalue weighted by molar-refractivity contribution is 0.463. The fraction of sp³-hybridized carbons (Fsp3) is 0.333.